The second kappa shape index (κ2) is 14.1. The molecule has 2 N–H and O–H groups in total. The molecule has 0 radical (unpaired) electrons. The number of hydrogen-bond donors (Lipinski definition) is 1. The van der Waals surface area contributed by atoms with Gasteiger partial charge in [-0.05, 0) is 78.9 Å². The molecule has 6 heteroatoms. The molecule has 224 valence electrons. The summed E-state index contributed by atoms with van der Waals surface area (Å²) < 4.78 is 12.5. The van der Waals surface area contributed by atoms with E-state index in [9.17, 15) is 0 Å². The monoisotopic (exact) mass is 603 g/mol. The molecule has 0 spiro atoms. The van der Waals surface area contributed by atoms with E-state index in [1.54, 1.807) is 0 Å². The average molecular weight is 604 g/mol. The van der Waals surface area contributed by atoms with Crippen LogP contribution in [0.2, 0.25) is 5.02 Å². The van der Waals surface area contributed by atoms with Gasteiger partial charge in [0.2, 0.25) is 0 Å². The van der Waals surface area contributed by atoms with E-state index >= 15 is 0 Å². The van der Waals surface area contributed by atoms with Gasteiger partial charge in [0.15, 0.2) is 17.3 Å². The second-order valence-electron chi connectivity index (χ2n) is 11.6. The fourth-order valence-electron chi connectivity index (χ4n) is 6.21. The Bertz CT molecular complexity index is 1710. The van der Waals surface area contributed by atoms with Gasteiger partial charge in [0.25, 0.3) is 0 Å². The second-order valence-corrected chi connectivity index (χ2v) is 12.0. The summed E-state index contributed by atoms with van der Waals surface area (Å²) >= 11 is 6.42. The fourth-order valence-corrected chi connectivity index (χ4v) is 6.38. The Morgan fingerprint density at radius 1 is 0.727 bits per heavy atom. The normalized spacial score (nSPS) is 14.6. The number of ether oxygens (including phenoxy) is 2. The highest BCUT2D eigenvalue weighted by Crippen LogP contribution is 2.44. The van der Waals surface area contributed by atoms with E-state index in [0.29, 0.717) is 42.1 Å². The van der Waals surface area contributed by atoms with E-state index in [-0.39, 0.29) is 5.41 Å². The zero-order chi connectivity index (χ0) is 30.2. The van der Waals surface area contributed by atoms with Crippen LogP contribution < -0.4 is 15.2 Å². The zero-order valence-electron chi connectivity index (χ0n) is 24.9. The van der Waals surface area contributed by atoms with Gasteiger partial charge in [0.05, 0.1) is 11.2 Å². The van der Waals surface area contributed by atoms with E-state index in [0.717, 1.165) is 52.5 Å². The topological polar surface area (TPSA) is 70.3 Å². The van der Waals surface area contributed by atoms with Gasteiger partial charge in [0, 0.05) is 15.8 Å². The van der Waals surface area contributed by atoms with Crippen LogP contribution in [0.1, 0.15) is 66.7 Å². The van der Waals surface area contributed by atoms with E-state index < -0.39 is 0 Å². The third-order valence-corrected chi connectivity index (χ3v) is 8.71. The lowest BCUT2D eigenvalue weighted by Crippen LogP contribution is -2.33. The van der Waals surface area contributed by atoms with Gasteiger partial charge in [-0.1, -0.05) is 104 Å². The molecule has 1 fully saturated rings. The highest BCUT2D eigenvalue weighted by molar-refractivity contribution is 6.31. The molecule has 0 unspecified atom stereocenters. The minimum atomic E-state index is -0.0409. The van der Waals surface area contributed by atoms with Crippen LogP contribution in [0.3, 0.4) is 0 Å². The van der Waals surface area contributed by atoms with Crippen LogP contribution in [-0.2, 0) is 18.6 Å². The van der Waals surface area contributed by atoms with Crippen molar-refractivity contribution in [3.8, 4) is 11.5 Å². The molecule has 1 heterocycles. The maximum atomic E-state index is 6.42. The molecule has 1 aliphatic carbocycles. The lowest BCUT2D eigenvalue weighted by Gasteiger charge is -2.37. The molecular weight excluding hydrogens is 566 g/mol. The smallest absolute Gasteiger partial charge is 0.162 e. The highest BCUT2D eigenvalue weighted by Gasteiger charge is 2.36. The molecule has 44 heavy (non-hydrogen) atoms. The number of aromatic nitrogens is 2. The van der Waals surface area contributed by atoms with Gasteiger partial charge in [0.1, 0.15) is 13.2 Å². The largest absolute Gasteiger partial charge is 0.485 e. The van der Waals surface area contributed by atoms with Crippen molar-refractivity contribution in [2.24, 2.45) is 5.73 Å². The van der Waals surface area contributed by atoms with Gasteiger partial charge in [-0.2, -0.15) is 0 Å². The van der Waals surface area contributed by atoms with Gasteiger partial charge in [-0.15, -0.1) is 0 Å². The molecule has 1 saturated carbocycles. The van der Waals surface area contributed by atoms with Gasteiger partial charge in [-0.25, -0.2) is 9.97 Å². The molecular formula is C38H38ClN3O2. The van der Waals surface area contributed by atoms with Crippen molar-refractivity contribution >= 4 is 34.7 Å². The Morgan fingerprint density at radius 3 is 2.09 bits per heavy atom. The molecule has 1 aromatic heterocycles. The Balaban J connectivity index is 1.32. The number of rotatable bonds is 11. The Labute approximate surface area is 264 Å². The number of halogens is 1. The van der Waals surface area contributed by atoms with Crippen molar-refractivity contribution in [2.45, 2.75) is 57.2 Å². The van der Waals surface area contributed by atoms with E-state index in [1.807, 2.05) is 78.9 Å². The van der Waals surface area contributed by atoms with Crippen molar-refractivity contribution in [3.05, 3.63) is 130 Å². The summed E-state index contributed by atoms with van der Waals surface area (Å²) in [6.45, 7) is 1.53. The summed E-state index contributed by atoms with van der Waals surface area (Å²) in [5.41, 5.74) is 11.2. The van der Waals surface area contributed by atoms with Gasteiger partial charge in [-0.3, -0.25) is 0 Å². The first-order chi connectivity index (χ1) is 21.6. The van der Waals surface area contributed by atoms with Crippen molar-refractivity contribution in [3.63, 3.8) is 0 Å². The van der Waals surface area contributed by atoms with E-state index in [4.69, 9.17) is 36.8 Å². The molecule has 4 aromatic carbocycles. The standard InChI is InChI=1S/C38H38ClN3O2/c39-31-16-17-32-33(25-31)41-36(42-37(32)38(22-23-40)20-8-3-9-21-38)19-15-28-14-18-34(43-26-29-10-4-1-5-11-29)35(24-28)44-27-30-12-6-2-7-13-30/h1-2,4-7,10-19,24-25H,3,8-9,20-23,26-27,40H2. The van der Waals surface area contributed by atoms with Crippen molar-refractivity contribution < 1.29 is 9.47 Å². The molecule has 6 rings (SSSR count). The summed E-state index contributed by atoms with van der Waals surface area (Å²) in [6.07, 6.45) is 10.7. The van der Waals surface area contributed by atoms with Crippen LogP contribution in [-0.4, -0.2) is 16.5 Å². The Kier molecular flexibility index (Phi) is 9.55. The first-order valence-corrected chi connectivity index (χ1v) is 15.8. The van der Waals surface area contributed by atoms with Gasteiger partial charge >= 0.3 is 0 Å². The quantitative estimate of drug-likeness (QED) is 0.163. The molecule has 5 nitrogen and oxygen atoms in total. The average Bonchev–Trinajstić information content (AvgIpc) is 3.07. The Hall–Kier alpha value is -4.19. The molecule has 0 bridgehead atoms. The third-order valence-electron chi connectivity index (χ3n) is 8.48. The maximum absolute atomic E-state index is 6.42. The highest BCUT2D eigenvalue weighted by atomic mass is 35.5. The molecule has 0 saturated heterocycles. The molecule has 0 amide bonds. The molecule has 5 aromatic rings. The summed E-state index contributed by atoms with van der Waals surface area (Å²) in [6, 6.07) is 32.2. The first-order valence-electron chi connectivity index (χ1n) is 15.5. The molecule has 0 aliphatic heterocycles. The van der Waals surface area contributed by atoms with E-state index in [2.05, 4.69) is 30.3 Å². The number of hydrogen-bond acceptors (Lipinski definition) is 5. The predicted octanol–water partition coefficient (Wildman–Crippen LogP) is 9.16. The third kappa shape index (κ3) is 7.12. The van der Waals surface area contributed by atoms with Crippen LogP contribution in [0, 0.1) is 0 Å². The van der Waals surface area contributed by atoms with Crippen LogP contribution >= 0.6 is 11.6 Å². The SMILES string of the molecule is NCCC1(c2nc(C=Cc3ccc(OCc4ccccc4)c(OCc4ccccc4)c3)nc3cc(Cl)ccc23)CCCCC1. The van der Waals surface area contributed by atoms with Crippen molar-refractivity contribution in [1.29, 1.82) is 0 Å². The van der Waals surface area contributed by atoms with Crippen LogP contribution in [0.5, 0.6) is 11.5 Å². The van der Waals surface area contributed by atoms with Crippen LogP contribution in [0.4, 0.5) is 0 Å². The summed E-state index contributed by atoms with van der Waals surface area (Å²) in [5, 5.41) is 1.73. The number of benzene rings is 4. The van der Waals surface area contributed by atoms with Crippen molar-refractivity contribution in [2.75, 3.05) is 6.54 Å². The predicted molar refractivity (Wildman–Crippen MR) is 180 cm³/mol. The lowest BCUT2D eigenvalue weighted by atomic mass is 9.68. The summed E-state index contributed by atoms with van der Waals surface area (Å²) in [7, 11) is 0. The minimum Gasteiger partial charge on any atom is -0.485 e. The first kappa shape index (κ1) is 29.9. The van der Waals surface area contributed by atoms with Crippen LogP contribution in [0.25, 0.3) is 23.1 Å². The zero-order valence-corrected chi connectivity index (χ0v) is 25.7. The Morgan fingerprint density at radius 2 is 1.41 bits per heavy atom. The van der Waals surface area contributed by atoms with Gasteiger partial charge < -0.3 is 15.2 Å². The maximum Gasteiger partial charge on any atom is 0.162 e. The summed E-state index contributed by atoms with van der Waals surface area (Å²) in [5.74, 6) is 2.04. The number of nitrogens with zero attached hydrogens (tertiary/aromatic N) is 2. The van der Waals surface area contributed by atoms with E-state index in [1.165, 1.54) is 19.3 Å². The minimum absolute atomic E-state index is 0.0409. The number of fused-ring (bicyclic) bond motifs is 1. The lowest BCUT2D eigenvalue weighted by molar-refractivity contribution is 0.256. The van der Waals surface area contributed by atoms with Crippen LogP contribution in [0.15, 0.2) is 97.1 Å². The number of nitrogens with two attached hydrogens (primary N) is 1. The fraction of sp³-hybridized carbons (Fsp3) is 0.263. The van der Waals surface area contributed by atoms with Crippen molar-refractivity contribution in [1.82, 2.24) is 9.97 Å². The molecule has 1 aliphatic rings. The summed E-state index contributed by atoms with van der Waals surface area (Å²) in [4.78, 5) is 10.1. The molecule has 0 atom stereocenters.